The van der Waals surface area contributed by atoms with Gasteiger partial charge in [-0.2, -0.15) is 5.26 Å². The molecule has 112 valence electrons. The highest BCUT2D eigenvalue weighted by Crippen LogP contribution is 2.48. The van der Waals surface area contributed by atoms with Gasteiger partial charge in [-0.15, -0.1) is 0 Å². The molecule has 0 bridgehead atoms. The van der Waals surface area contributed by atoms with E-state index >= 15 is 0 Å². The van der Waals surface area contributed by atoms with Crippen molar-refractivity contribution in [2.75, 3.05) is 13.1 Å². The molecule has 3 atom stereocenters. The Hall–Kier alpha value is -1.37. The van der Waals surface area contributed by atoms with Crippen LogP contribution in [0.15, 0.2) is 24.3 Å². The summed E-state index contributed by atoms with van der Waals surface area (Å²) in [5, 5.41) is 24.8. The predicted molar refractivity (Wildman–Crippen MR) is 82.9 cm³/mol. The first kappa shape index (κ1) is 14.6. The number of nitriles is 1. The van der Waals surface area contributed by atoms with E-state index < -0.39 is 11.0 Å². The Labute approximate surface area is 127 Å². The molecular weight excluding hydrogens is 260 g/mol. The van der Waals surface area contributed by atoms with Crippen molar-refractivity contribution >= 4 is 0 Å². The lowest BCUT2D eigenvalue weighted by molar-refractivity contribution is -0.0652. The van der Waals surface area contributed by atoms with E-state index in [-0.39, 0.29) is 5.92 Å². The SMILES string of the molecule is CC(O)(C1CCCNC1)C1(C#N)CCCc2ccccc21. The monoisotopic (exact) mass is 284 g/mol. The minimum absolute atomic E-state index is 0.136. The van der Waals surface area contributed by atoms with Gasteiger partial charge in [-0.1, -0.05) is 24.3 Å². The van der Waals surface area contributed by atoms with E-state index in [2.05, 4.69) is 17.5 Å². The lowest BCUT2D eigenvalue weighted by Crippen LogP contribution is -2.58. The third-order valence-electron chi connectivity index (χ3n) is 5.62. The average Bonchev–Trinajstić information content (AvgIpc) is 2.55. The van der Waals surface area contributed by atoms with E-state index in [4.69, 9.17) is 0 Å². The van der Waals surface area contributed by atoms with E-state index in [0.29, 0.717) is 0 Å². The lowest BCUT2D eigenvalue weighted by Gasteiger charge is -2.49. The van der Waals surface area contributed by atoms with Gasteiger partial charge in [-0.25, -0.2) is 0 Å². The molecule has 0 saturated carbocycles. The summed E-state index contributed by atoms with van der Waals surface area (Å²) in [5.41, 5.74) is 0.515. The minimum atomic E-state index is -0.994. The number of fused-ring (bicyclic) bond motifs is 1. The van der Waals surface area contributed by atoms with Crippen LogP contribution in [0.25, 0.3) is 0 Å². The van der Waals surface area contributed by atoms with Gasteiger partial charge in [0.1, 0.15) is 5.41 Å². The maximum atomic E-state index is 11.4. The number of nitrogens with zero attached hydrogens (tertiary/aromatic N) is 1. The molecule has 2 aliphatic rings. The molecule has 1 heterocycles. The number of aliphatic hydroxyl groups is 1. The molecule has 0 spiro atoms. The van der Waals surface area contributed by atoms with Gasteiger partial charge in [0.05, 0.1) is 11.7 Å². The summed E-state index contributed by atoms with van der Waals surface area (Å²) in [6.07, 6.45) is 4.80. The van der Waals surface area contributed by atoms with Crippen molar-refractivity contribution in [3.8, 4) is 6.07 Å². The third-order valence-corrected chi connectivity index (χ3v) is 5.62. The van der Waals surface area contributed by atoms with Crippen LogP contribution in [0.5, 0.6) is 0 Å². The molecule has 1 aliphatic heterocycles. The van der Waals surface area contributed by atoms with E-state index in [0.717, 1.165) is 50.8 Å². The number of benzene rings is 1. The highest BCUT2D eigenvalue weighted by Gasteiger charge is 2.54. The Bertz CT molecular complexity index is 555. The van der Waals surface area contributed by atoms with Crippen LogP contribution in [0, 0.1) is 17.2 Å². The summed E-state index contributed by atoms with van der Waals surface area (Å²) in [7, 11) is 0. The van der Waals surface area contributed by atoms with Gasteiger partial charge in [-0.05, 0) is 56.7 Å². The lowest BCUT2D eigenvalue weighted by atomic mass is 9.57. The number of rotatable bonds is 2. The fraction of sp³-hybridized carbons (Fsp3) is 0.611. The smallest absolute Gasteiger partial charge is 0.111 e. The van der Waals surface area contributed by atoms with E-state index in [1.807, 2.05) is 25.1 Å². The van der Waals surface area contributed by atoms with Crippen LogP contribution in [0.4, 0.5) is 0 Å². The van der Waals surface area contributed by atoms with Crippen molar-refractivity contribution in [2.45, 2.75) is 50.0 Å². The van der Waals surface area contributed by atoms with Gasteiger partial charge in [0.25, 0.3) is 0 Å². The van der Waals surface area contributed by atoms with Crippen LogP contribution in [-0.4, -0.2) is 23.8 Å². The summed E-state index contributed by atoms with van der Waals surface area (Å²) in [6.45, 7) is 3.71. The topological polar surface area (TPSA) is 56.0 Å². The van der Waals surface area contributed by atoms with Crippen molar-refractivity contribution in [3.63, 3.8) is 0 Å². The molecule has 0 radical (unpaired) electrons. The summed E-state index contributed by atoms with van der Waals surface area (Å²) in [6, 6.07) is 10.7. The molecule has 0 aromatic heterocycles. The van der Waals surface area contributed by atoms with Gasteiger partial charge in [0, 0.05) is 12.5 Å². The molecular formula is C18H24N2O. The summed E-state index contributed by atoms with van der Waals surface area (Å²) in [4.78, 5) is 0. The predicted octanol–water partition coefficient (Wildman–Crippen LogP) is 2.53. The minimum Gasteiger partial charge on any atom is -0.388 e. The number of piperidine rings is 1. The van der Waals surface area contributed by atoms with Gasteiger partial charge >= 0.3 is 0 Å². The van der Waals surface area contributed by atoms with Gasteiger partial charge in [-0.3, -0.25) is 0 Å². The Morgan fingerprint density at radius 2 is 2.19 bits per heavy atom. The molecule has 1 saturated heterocycles. The quantitative estimate of drug-likeness (QED) is 0.877. The maximum Gasteiger partial charge on any atom is 0.111 e. The van der Waals surface area contributed by atoms with Crippen molar-refractivity contribution in [1.29, 1.82) is 5.26 Å². The molecule has 1 aliphatic carbocycles. The summed E-state index contributed by atoms with van der Waals surface area (Å²) >= 11 is 0. The standard InChI is InChI=1S/C18H24N2O/c1-17(21,15-8-5-11-20-12-15)18(13-19)10-4-7-14-6-2-3-9-16(14)18/h2-3,6,9,15,20-21H,4-5,7-8,10-12H2,1H3. The molecule has 1 aromatic carbocycles. The van der Waals surface area contributed by atoms with Crippen LogP contribution in [-0.2, 0) is 11.8 Å². The van der Waals surface area contributed by atoms with Crippen LogP contribution < -0.4 is 5.32 Å². The fourth-order valence-corrected chi connectivity index (χ4v) is 4.27. The second-order valence-electron chi connectivity index (χ2n) is 6.72. The van der Waals surface area contributed by atoms with E-state index in [9.17, 15) is 10.4 Å². The van der Waals surface area contributed by atoms with Crippen LogP contribution in [0.3, 0.4) is 0 Å². The van der Waals surface area contributed by atoms with Crippen LogP contribution >= 0.6 is 0 Å². The Morgan fingerprint density at radius 1 is 1.38 bits per heavy atom. The molecule has 3 nitrogen and oxygen atoms in total. The van der Waals surface area contributed by atoms with E-state index in [1.54, 1.807) is 0 Å². The molecule has 3 heteroatoms. The molecule has 2 N–H and O–H groups in total. The summed E-state index contributed by atoms with van der Waals surface area (Å²) < 4.78 is 0. The number of hydrogen-bond acceptors (Lipinski definition) is 3. The van der Waals surface area contributed by atoms with Crippen molar-refractivity contribution in [2.24, 2.45) is 5.92 Å². The second-order valence-corrected chi connectivity index (χ2v) is 6.72. The molecule has 1 aromatic rings. The van der Waals surface area contributed by atoms with Crippen molar-refractivity contribution < 1.29 is 5.11 Å². The molecule has 3 rings (SSSR count). The average molecular weight is 284 g/mol. The highest BCUT2D eigenvalue weighted by atomic mass is 16.3. The zero-order chi connectivity index (χ0) is 14.9. The first-order valence-electron chi connectivity index (χ1n) is 8.04. The van der Waals surface area contributed by atoms with Gasteiger partial charge < -0.3 is 10.4 Å². The van der Waals surface area contributed by atoms with Crippen molar-refractivity contribution in [3.05, 3.63) is 35.4 Å². The molecule has 0 amide bonds. The van der Waals surface area contributed by atoms with Gasteiger partial charge in [0.2, 0.25) is 0 Å². The van der Waals surface area contributed by atoms with E-state index in [1.165, 1.54) is 5.56 Å². The fourth-order valence-electron chi connectivity index (χ4n) is 4.27. The highest BCUT2D eigenvalue weighted by molar-refractivity contribution is 5.45. The number of hydrogen-bond donors (Lipinski definition) is 2. The zero-order valence-corrected chi connectivity index (χ0v) is 12.7. The normalized spacial score (nSPS) is 31.8. The number of aryl methyl sites for hydroxylation is 1. The van der Waals surface area contributed by atoms with Crippen molar-refractivity contribution in [1.82, 2.24) is 5.32 Å². The zero-order valence-electron chi connectivity index (χ0n) is 12.7. The first-order chi connectivity index (χ1) is 10.1. The molecule has 3 unspecified atom stereocenters. The molecule has 1 fully saturated rings. The largest absolute Gasteiger partial charge is 0.388 e. The maximum absolute atomic E-state index is 11.4. The Balaban J connectivity index is 2.07. The second kappa shape index (κ2) is 5.44. The van der Waals surface area contributed by atoms with Gasteiger partial charge in [0.15, 0.2) is 0 Å². The van der Waals surface area contributed by atoms with Crippen LogP contribution in [0.1, 0.15) is 43.7 Å². The first-order valence-corrected chi connectivity index (χ1v) is 8.04. The third kappa shape index (κ3) is 2.18. The number of nitrogens with one attached hydrogen (secondary N) is 1. The van der Waals surface area contributed by atoms with Crippen LogP contribution in [0.2, 0.25) is 0 Å². The summed E-state index contributed by atoms with van der Waals surface area (Å²) in [5.74, 6) is 0.136. The Morgan fingerprint density at radius 3 is 2.90 bits per heavy atom. The Kier molecular flexibility index (Phi) is 3.77. The molecule has 21 heavy (non-hydrogen) atoms.